The van der Waals surface area contributed by atoms with Crippen LogP contribution in [-0.2, 0) is 43.4 Å². The Balaban J connectivity index is 2.66. The Labute approximate surface area is 194 Å². The number of esters is 3. The molecule has 1 aliphatic rings. The summed E-state index contributed by atoms with van der Waals surface area (Å²) in [6.45, 7) is 6.23. The number of hydrogen-bond donors (Lipinski definition) is 2. The van der Waals surface area contributed by atoms with Gasteiger partial charge in [0, 0.05) is 26.1 Å². The predicted molar refractivity (Wildman–Crippen MR) is 114 cm³/mol. The molecule has 5 atom stereocenters. The van der Waals surface area contributed by atoms with Gasteiger partial charge in [0.25, 0.3) is 5.56 Å². The third kappa shape index (κ3) is 5.90. The average molecular weight is 506 g/mol. The molecule has 2 rings (SSSR count). The van der Waals surface area contributed by atoms with Gasteiger partial charge in [0.2, 0.25) is 10.0 Å². The van der Waals surface area contributed by atoms with Gasteiger partial charge in [0.1, 0.15) is 12.1 Å². The molecular weight excluding hydrogens is 478 g/mol. The van der Waals surface area contributed by atoms with Crippen molar-refractivity contribution < 1.29 is 41.7 Å². The molecule has 0 spiro atoms. The summed E-state index contributed by atoms with van der Waals surface area (Å²) in [6.07, 6.45) is -5.10. The van der Waals surface area contributed by atoms with Crippen molar-refractivity contribution in [3.63, 3.8) is 0 Å². The van der Waals surface area contributed by atoms with E-state index in [1.807, 2.05) is 4.98 Å². The van der Waals surface area contributed by atoms with Crippen LogP contribution in [0, 0.1) is 0 Å². The maximum atomic E-state index is 12.8. The number of rotatable bonds is 7. The molecule has 34 heavy (non-hydrogen) atoms. The standard InChI is InChI=1S/C19H27N3O11S/c1-9(23)31-14-13(12(17(26)30-6)21-34(28,29)19(3,4)5)33-16(15(14)32-10(2)24)22-8-7-11(25)20-18(22)27/h7-8,12-16,21H,1-6H3,(H,20,25,27)/t12-,13+,14+,15+,16+/m0/s1. The molecule has 0 aliphatic carbocycles. The van der Waals surface area contributed by atoms with E-state index >= 15 is 0 Å². The molecule has 1 saturated heterocycles. The van der Waals surface area contributed by atoms with Crippen LogP contribution in [-0.4, -0.2) is 72.1 Å². The van der Waals surface area contributed by atoms with E-state index in [2.05, 4.69) is 4.72 Å². The van der Waals surface area contributed by atoms with Crippen molar-refractivity contribution in [1.29, 1.82) is 0 Å². The number of carbonyl (C=O) groups is 3. The van der Waals surface area contributed by atoms with Crippen LogP contribution in [0.15, 0.2) is 21.9 Å². The molecule has 1 fully saturated rings. The molecule has 1 aliphatic heterocycles. The van der Waals surface area contributed by atoms with E-state index < -0.39 is 74.5 Å². The minimum Gasteiger partial charge on any atom is -0.468 e. The van der Waals surface area contributed by atoms with Gasteiger partial charge < -0.3 is 18.9 Å². The van der Waals surface area contributed by atoms with Gasteiger partial charge in [-0.25, -0.2) is 13.2 Å². The third-order valence-corrected chi connectivity index (χ3v) is 7.00. The quantitative estimate of drug-likeness (QED) is 0.326. The summed E-state index contributed by atoms with van der Waals surface area (Å²) in [5.74, 6) is -2.81. The van der Waals surface area contributed by atoms with Crippen LogP contribution in [0.5, 0.6) is 0 Å². The first-order chi connectivity index (χ1) is 15.6. The minimum atomic E-state index is -4.17. The van der Waals surface area contributed by atoms with E-state index in [0.29, 0.717) is 0 Å². The first-order valence-corrected chi connectivity index (χ1v) is 11.5. The highest BCUT2D eigenvalue weighted by atomic mass is 32.2. The Morgan fingerprint density at radius 3 is 2.15 bits per heavy atom. The second-order valence-electron chi connectivity index (χ2n) is 8.39. The lowest BCUT2D eigenvalue weighted by Crippen LogP contribution is -2.57. The topological polar surface area (TPSA) is 189 Å². The number of methoxy groups -OCH3 is 1. The van der Waals surface area contributed by atoms with Gasteiger partial charge >= 0.3 is 23.6 Å². The fourth-order valence-corrected chi connectivity index (χ4v) is 4.07. The van der Waals surface area contributed by atoms with E-state index in [-0.39, 0.29) is 0 Å². The van der Waals surface area contributed by atoms with Gasteiger partial charge in [-0.2, -0.15) is 4.72 Å². The molecular formula is C19H27N3O11S. The highest BCUT2D eigenvalue weighted by Crippen LogP contribution is 2.35. The van der Waals surface area contributed by atoms with E-state index in [1.165, 1.54) is 20.8 Å². The van der Waals surface area contributed by atoms with Gasteiger partial charge in [-0.1, -0.05) is 0 Å². The van der Waals surface area contributed by atoms with Crippen LogP contribution in [0.3, 0.4) is 0 Å². The summed E-state index contributed by atoms with van der Waals surface area (Å²) in [7, 11) is -3.17. The van der Waals surface area contributed by atoms with E-state index in [1.54, 1.807) is 0 Å². The van der Waals surface area contributed by atoms with Gasteiger partial charge in [-0.05, 0) is 20.8 Å². The van der Waals surface area contributed by atoms with Crippen molar-refractivity contribution in [2.75, 3.05) is 7.11 Å². The number of H-pyrrole nitrogens is 1. The van der Waals surface area contributed by atoms with Crippen molar-refractivity contribution >= 4 is 27.9 Å². The van der Waals surface area contributed by atoms with Crippen LogP contribution >= 0.6 is 0 Å². The summed E-state index contributed by atoms with van der Waals surface area (Å²) in [4.78, 5) is 62.1. The van der Waals surface area contributed by atoms with Crippen LogP contribution in [0.25, 0.3) is 0 Å². The second kappa shape index (κ2) is 10.1. The smallest absolute Gasteiger partial charge is 0.330 e. The molecule has 2 heterocycles. The predicted octanol–water partition coefficient (Wildman–Crippen LogP) is -1.44. The average Bonchev–Trinajstić information content (AvgIpc) is 3.01. The Hall–Kier alpha value is -3.04. The van der Waals surface area contributed by atoms with Crippen LogP contribution in [0.2, 0.25) is 0 Å². The second-order valence-corrected chi connectivity index (χ2v) is 10.9. The molecule has 15 heteroatoms. The summed E-state index contributed by atoms with van der Waals surface area (Å²) in [5, 5.41) is 0. The largest absolute Gasteiger partial charge is 0.468 e. The minimum absolute atomic E-state index is 0.721. The van der Waals surface area contributed by atoms with E-state index in [4.69, 9.17) is 18.9 Å². The van der Waals surface area contributed by atoms with Gasteiger partial charge in [-0.3, -0.25) is 28.7 Å². The van der Waals surface area contributed by atoms with Crippen molar-refractivity contribution in [3.05, 3.63) is 33.1 Å². The number of aromatic nitrogens is 2. The molecule has 0 radical (unpaired) electrons. The van der Waals surface area contributed by atoms with Crippen LogP contribution < -0.4 is 16.0 Å². The summed E-state index contributed by atoms with van der Waals surface area (Å²) < 4.78 is 48.3. The summed E-state index contributed by atoms with van der Waals surface area (Å²) in [6, 6.07) is -0.774. The first-order valence-electron chi connectivity index (χ1n) is 10.00. The molecule has 0 bridgehead atoms. The number of nitrogens with zero attached hydrogens (tertiary/aromatic N) is 1. The molecule has 1 aromatic rings. The Kier molecular flexibility index (Phi) is 8.06. The lowest BCUT2D eigenvalue weighted by molar-refractivity contribution is -0.166. The molecule has 0 unspecified atom stereocenters. The fraction of sp³-hybridized carbons (Fsp3) is 0.632. The number of ether oxygens (including phenoxy) is 4. The van der Waals surface area contributed by atoms with Crippen molar-refractivity contribution in [2.45, 2.75) is 69.9 Å². The Bertz CT molecular complexity index is 1160. The zero-order valence-electron chi connectivity index (χ0n) is 19.4. The zero-order chi connectivity index (χ0) is 26.0. The van der Waals surface area contributed by atoms with E-state index in [9.17, 15) is 32.4 Å². The summed E-state index contributed by atoms with van der Waals surface area (Å²) >= 11 is 0. The number of sulfonamides is 1. The number of aromatic amines is 1. The number of nitrogens with one attached hydrogen (secondary N) is 2. The molecule has 0 amide bonds. The molecule has 2 N–H and O–H groups in total. The number of carbonyl (C=O) groups excluding carboxylic acids is 3. The number of hydrogen-bond acceptors (Lipinski definition) is 11. The highest BCUT2D eigenvalue weighted by molar-refractivity contribution is 7.90. The Morgan fingerprint density at radius 2 is 1.68 bits per heavy atom. The molecule has 0 saturated carbocycles. The van der Waals surface area contributed by atoms with Gasteiger partial charge in [0.05, 0.1) is 11.9 Å². The van der Waals surface area contributed by atoms with Crippen LogP contribution in [0.4, 0.5) is 0 Å². The third-order valence-electron chi connectivity index (χ3n) is 4.83. The SMILES string of the molecule is COC(=O)[C@@H](NS(=O)(=O)C(C)(C)C)[C@H]1O[C@@H](n2ccc(=O)[nH]c2=O)[C@H](OC(C)=O)[C@@H]1OC(C)=O. The van der Waals surface area contributed by atoms with E-state index in [0.717, 1.165) is 37.8 Å². The van der Waals surface area contributed by atoms with Crippen LogP contribution in [0.1, 0.15) is 40.8 Å². The molecule has 1 aromatic heterocycles. The highest BCUT2D eigenvalue weighted by Gasteiger charge is 2.56. The maximum absolute atomic E-state index is 12.8. The van der Waals surface area contributed by atoms with Crippen molar-refractivity contribution in [3.8, 4) is 0 Å². The molecule has 0 aromatic carbocycles. The Morgan fingerprint density at radius 1 is 1.12 bits per heavy atom. The summed E-state index contributed by atoms with van der Waals surface area (Å²) in [5.41, 5.74) is -1.68. The lowest BCUT2D eigenvalue weighted by Gasteiger charge is -2.29. The lowest BCUT2D eigenvalue weighted by atomic mass is 10.0. The normalized spacial score (nSPS) is 23.7. The fourth-order valence-electron chi connectivity index (χ4n) is 3.15. The maximum Gasteiger partial charge on any atom is 0.330 e. The van der Waals surface area contributed by atoms with Gasteiger partial charge in [-0.15, -0.1) is 0 Å². The van der Waals surface area contributed by atoms with Crippen molar-refractivity contribution in [2.24, 2.45) is 0 Å². The monoisotopic (exact) mass is 505 g/mol. The molecule has 190 valence electrons. The first kappa shape index (κ1) is 27.2. The van der Waals surface area contributed by atoms with Crippen molar-refractivity contribution in [1.82, 2.24) is 14.3 Å². The molecule has 14 nitrogen and oxygen atoms in total. The van der Waals surface area contributed by atoms with Gasteiger partial charge in [0.15, 0.2) is 18.4 Å². The zero-order valence-corrected chi connectivity index (χ0v) is 20.2.